The molecule has 0 atom stereocenters. The normalized spacial score (nSPS) is 11.8. The maximum absolute atomic E-state index is 13.1. The van der Waals surface area contributed by atoms with Gasteiger partial charge in [0.15, 0.2) is 24.1 Å². The SMILES string of the molecule is CNc1nc(OCC(F)(F)C(F)F)c(F)cc1F. The zero-order valence-electron chi connectivity index (χ0n) is 8.99. The molecule has 0 fully saturated rings. The average Bonchev–Trinajstić information content (AvgIpc) is 2.27. The van der Waals surface area contributed by atoms with Crippen LogP contribution in [0.2, 0.25) is 0 Å². The van der Waals surface area contributed by atoms with Crippen LogP contribution in [0.3, 0.4) is 0 Å². The number of alkyl halides is 4. The molecule has 3 nitrogen and oxygen atoms in total. The Kier molecular flexibility index (Phi) is 4.25. The molecule has 0 saturated carbocycles. The molecule has 0 aliphatic carbocycles. The number of pyridine rings is 1. The van der Waals surface area contributed by atoms with Gasteiger partial charge in [-0.3, -0.25) is 0 Å². The van der Waals surface area contributed by atoms with E-state index in [1.807, 2.05) is 0 Å². The number of halogens is 6. The second-order valence-electron chi connectivity index (χ2n) is 3.21. The molecule has 0 aliphatic heterocycles. The minimum absolute atomic E-state index is 0.342. The van der Waals surface area contributed by atoms with Gasteiger partial charge in [-0.15, -0.1) is 0 Å². The molecule has 0 aromatic carbocycles. The highest BCUT2D eigenvalue weighted by molar-refractivity contribution is 5.38. The third-order valence-corrected chi connectivity index (χ3v) is 1.85. The Hall–Kier alpha value is -1.67. The Morgan fingerprint density at radius 3 is 2.44 bits per heavy atom. The van der Waals surface area contributed by atoms with Gasteiger partial charge >= 0.3 is 12.3 Å². The van der Waals surface area contributed by atoms with Gasteiger partial charge in [-0.1, -0.05) is 0 Å². The molecule has 0 bridgehead atoms. The lowest BCUT2D eigenvalue weighted by atomic mass is 10.4. The first kappa shape index (κ1) is 14.4. The van der Waals surface area contributed by atoms with Gasteiger partial charge in [0.05, 0.1) is 0 Å². The van der Waals surface area contributed by atoms with Crippen molar-refractivity contribution >= 4 is 5.82 Å². The molecule has 18 heavy (non-hydrogen) atoms. The Labute approximate surface area is 97.8 Å². The van der Waals surface area contributed by atoms with Gasteiger partial charge in [0, 0.05) is 13.1 Å². The maximum Gasteiger partial charge on any atom is 0.340 e. The van der Waals surface area contributed by atoms with Crippen LogP contribution < -0.4 is 10.1 Å². The summed E-state index contributed by atoms with van der Waals surface area (Å²) in [6.07, 6.45) is -3.95. The third kappa shape index (κ3) is 3.17. The van der Waals surface area contributed by atoms with E-state index in [1.165, 1.54) is 7.05 Å². The fraction of sp³-hybridized carbons (Fsp3) is 0.444. The van der Waals surface area contributed by atoms with E-state index in [1.54, 1.807) is 0 Å². The average molecular weight is 274 g/mol. The van der Waals surface area contributed by atoms with E-state index in [-0.39, 0.29) is 0 Å². The van der Waals surface area contributed by atoms with Crippen molar-refractivity contribution in [2.24, 2.45) is 0 Å². The first-order valence-electron chi connectivity index (χ1n) is 4.60. The fourth-order valence-corrected chi connectivity index (χ4v) is 0.954. The van der Waals surface area contributed by atoms with Crippen molar-refractivity contribution in [2.45, 2.75) is 12.3 Å². The van der Waals surface area contributed by atoms with Crippen LogP contribution in [0.1, 0.15) is 0 Å². The van der Waals surface area contributed by atoms with Gasteiger partial charge in [-0.05, 0) is 0 Å². The van der Waals surface area contributed by atoms with E-state index in [9.17, 15) is 26.3 Å². The van der Waals surface area contributed by atoms with Crippen molar-refractivity contribution in [1.82, 2.24) is 4.98 Å². The van der Waals surface area contributed by atoms with E-state index in [0.29, 0.717) is 6.07 Å². The lowest BCUT2D eigenvalue weighted by Crippen LogP contribution is -2.34. The molecule has 1 heterocycles. The summed E-state index contributed by atoms with van der Waals surface area (Å²) in [5.74, 6) is -8.31. The number of nitrogens with one attached hydrogen (secondary N) is 1. The van der Waals surface area contributed by atoms with Crippen LogP contribution in [0.4, 0.5) is 32.2 Å². The molecule has 1 aromatic rings. The van der Waals surface area contributed by atoms with Crippen molar-refractivity contribution in [2.75, 3.05) is 19.0 Å². The van der Waals surface area contributed by atoms with Crippen molar-refractivity contribution in [3.05, 3.63) is 17.7 Å². The molecular weight excluding hydrogens is 266 g/mol. The van der Waals surface area contributed by atoms with Crippen LogP contribution in [-0.4, -0.2) is 31.0 Å². The number of hydrogen-bond acceptors (Lipinski definition) is 3. The number of rotatable bonds is 5. The molecule has 1 aromatic heterocycles. The maximum atomic E-state index is 13.1. The molecule has 9 heteroatoms. The Bertz CT molecular complexity index is 426. The molecule has 1 N–H and O–H groups in total. The molecule has 0 radical (unpaired) electrons. The molecule has 0 unspecified atom stereocenters. The fourth-order valence-electron chi connectivity index (χ4n) is 0.954. The van der Waals surface area contributed by atoms with Gasteiger partial charge in [-0.25, -0.2) is 17.6 Å². The summed E-state index contributed by atoms with van der Waals surface area (Å²) in [4.78, 5) is 3.19. The number of aromatic nitrogens is 1. The van der Waals surface area contributed by atoms with Crippen molar-refractivity contribution < 1.29 is 31.1 Å². The summed E-state index contributed by atoms with van der Waals surface area (Å²) < 4.78 is 78.8. The molecule has 0 aliphatic rings. The highest BCUT2D eigenvalue weighted by Crippen LogP contribution is 2.26. The van der Waals surface area contributed by atoms with Gasteiger partial charge in [0.1, 0.15) is 0 Å². The van der Waals surface area contributed by atoms with Crippen LogP contribution in [-0.2, 0) is 0 Å². The first-order chi connectivity index (χ1) is 8.27. The largest absolute Gasteiger partial charge is 0.469 e. The number of anilines is 1. The Morgan fingerprint density at radius 1 is 1.33 bits per heavy atom. The van der Waals surface area contributed by atoms with Gasteiger partial charge < -0.3 is 10.1 Å². The second-order valence-corrected chi connectivity index (χ2v) is 3.21. The zero-order chi connectivity index (χ0) is 13.9. The van der Waals surface area contributed by atoms with Crippen molar-refractivity contribution in [1.29, 1.82) is 0 Å². The summed E-state index contributed by atoms with van der Waals surface area (Å²) in [7, 11) is 1.25. The highest BCUT2D eigenvalue weighted by Gasteiger charge is 2.42. The smallest absolute Gasteiger partial charge is 0.340 e. The highest BCUT2D eigenvalue weighted by atomic mass is 19.3. The van der Waals surface area contributed by atoms with Crippen LogP contribution in [0.15, 0.2) is 6.07 Å². The van der Waals surface area contributed by atoms with E-state index in [4.69, 9.17) is 0 Å². The second kappa shape index (κ2) is 5.32. The summed E-state index contributed by atoms with van der Waals surface area (Å²) in [5.41, 5.74) is 0. The summed E-state index contributed by atoms with van der Waals surface area (Å²) in [6.45, 7) is -1.76. The quantitative estimate of drug-likeness (QED) is 0.838. The molecule has 0 amide bonds. The van der Waals surface area contributed by atoms with E-state index in [0.717, 1.165) is 0 Å². The van der Waals surface area contributed by atoms with Crippen LogP contribution in [0.25, 0.3) is 0 Å². The summed E-state index contributed by atoms with van der Waals surface area (Å²) >= 11 is 0. The van der Waals surface area contributed by atoms with Crippen molar-refractivity contribution in [3.63, 3.8) is 0 Å². The Morgan fingerprint density at radius 2 is 1.94 bits per heavy atom. The van der Waals surface area contributed by atoms with Gasteiger partial charge in [0.2, 0.25) is 0 Å². The standard InChI is InChI=1S/C9H8F6N2O/c1-16-6-4(10)2-5(11)7(17-6)18-3-9(14,15)8(12)13/h2,8H,3H2,1H3,(H,16,17). The lowest BCUT2D eigenvalue weighted by Gasteiger charge is -2.16. The molecule has 0 spiro atoms. The predicted octanol–water partition coefficient (Wildman–Crippen LogP) is 2.68. The molecular formula is C9H8F6N2O. The van der Waals surface area contributed by atoms with Crippen molar-refractivity contribution in [3.8, 4) is 5.88 Å². The van der Waals surface area contributed by atoms with Crippen LogP contribution in [0, 0.1) is 11.6 Å². The number of nitrogens with zero attached hydrogens (tertiary/aromatic N) is 1. The van der Waals surface area contributed by atoms with Crippen LogP contribution in [0.5, 0.6) is 5.88 Å². The van der Waals surface area contributed by atoms with E-state index >= 15 is 0 Å². The summed E-state index contributed by atoms with van der Waals surface area (Å²) in [6, 6.07) is 0.342. The molecule has 1 rings (SSSR count). The van der Waals surface area contributed by atoms with Gasteiger partial charge in [0.25, 0.3) is 5.88 Å². The first-order valence-corrected chi connectivity index (χ1v) is 4.60. The van der Waals surface area contributed by atoms with Crippen LogP contribution >= 0.6 is 0 Å². The zero-order valence-corrected chi connectivity index (χ0v) is 8.99. The monoisotopic (exact) mass is 274 g/mol. The van der Waals surface area contributed by atoms with Gasteiger partial charge in [-0.2, -0.15) is 13.8 Å². The molecule has 0 saturated heterocycles. The number of hydrogen-bond donors (Lipinski definition) is 1. The Balaban J connectivity index is 2.85. The minimum atomic E-state index is -4.44. The topological polar surface area (TPSA) is 34.2 Å². The van der Waals surface area contributed by atoms with E-state index in [2.05, 4.69) is 15.0 Å². The summed E-state index contributed by atoms with van der Waals surface area (Å²) in [5, 5.41) is 2.21. The third-order valence-electron chi connectivity index (χ3n) is 1.85. The predicted molar refractivity (Wildman–Crippen MR) is 50.1 cm³/mol. The number of ether oxygens (including phenoxy) is 1. The molecule has 102 valence electrons. The minimum Gasteiger partial charge on any atom is -0.469 e. The van der Waals surface area contributed by atoms with E-state index < -0.39 is 42.3 Å². The lowest BCUT2D eigenvalue weighted by molar-refractivity contribution is -0.149.